The van der Waals surface area contributed by atoms with Gasteiger partial charge in [-0.1, -0.05) is 20.3 Å². The fraction of sp³-hybridized carbons (Fsp3) is 1.00. The molecule has 2 heterocycles. The van der Waals surface area contributed by atoms with E-state index in [0.29, 0.717) is 0 Å². The van der Waals surface area contributed by atoms with E-state index in [1.807, 2.05) is 0 Å². The van der Waals surface area contributed by atoms with Gasteiger partial charge in [0, 0.05) is 12.1 Å². The Morgan fingerprint density at radius 2 is 2.08 bits per heavy atom. The highest BCUT2D eigenvalue weighted by Crippen LogP contribution is 2.36. The molecule has 2 fully saturated rings. The molecule has 0 radical (unpaired) electrons. The lowest BCUT2D eigenvalue weighted by Gasteiger charge is -2.41. The van der Waals surface area contributed by atoms with Crippen molar-refractivity contribution in [2.45, 2.75) is 64.5 Å². The van der Waals surface area contributed by atoms with Gasteiger partial charge in [-0.3, -0.25) is 4.90 Å². The van der Waals surface area contributed by atoms with Crippen LogP contribution < -0.4 is 0 Å². The fourth-order valence-corrected chi connectivity index (χ4v) is 3.34. The Labute approximate surface area is 82.5 Å². The first-order chi connectivity index (χ1) is 6.33. The first-order valence-corrected chi connectivity index (χ1v) is 6.08. The largest absolute Gasteiger partial charge is 0.297 e. The van der Waals surface area contributed by atoms with E-state index in [4.69, 9.17) is 0 Å². The van der Waals surface area contributed by atoms with E-state index in [9.17, 15) is 0 Å². The zero-order valence-electron chi connectivity index (χ0n) is 9.13. The summed E-state index contributed by atoms with van der Waals surface area (Å²) in [5, 5.41) is 0. The van der Waals surface area contributed by atoms with Crippen LogP contribution in [-0.4, -0.2) is 23.5 Å². The van der Waals surface area contributed by atoms with Crippen LogP contribution in [0.15, 0.2) is 0 Å². The van der Waals surface area contributed by atoms with Gasteiger partial charge in [-0.15, -0.1) is 0 Å². The van der Waals surface area contributed by atoms with Crippen LogP contribution in [0.2, 0.25) is 0 Å². The van der Waals surface area contributed by atoms with Crippen LogP contribution in [0.1, 0.15) is 52.4 Å². The van der Waals surface area contributed by atoms with Gasteiger partial charge in [-0.2, -0.15) is 0 Å². The van der Waals surface area contributed by atoms with E-state index in [0.717, 1.165) is 18.0 Å². The summed E-state index contributed by atoms with van der Waals surface area (Å²) in [4.78, 5) is 2.82. The van der Waals surface area contributed by atoms with E-state index in [1.54, 1.807) is 0 Å². The lowest BCUT2D eigenvalue weighted by molar-refractivity contribution is 0.0762. The van der Waals surface area contributed by atoms with E-state index < -0.39 is 0 Å². The highest BCUT2D eigenvalue weighted by atomic mass is 15.2. The molecule has 0 amide bonds. The maximum Gasteiger partial charge on any atom is 0.0124 e. The summed E-state index contributed by atoms with van der Waals surface area (Å²) < 4.78 is 0. The van der Waals surface area contributed by atoms with E-state index >= 15 is 0 Å². The lowest BCUT2D eigenvalue weighted by Crippen LogP contribution is -2.46. The van der Waals surface area contributed by atoms with Crippen LogP contribution in [0, 0.1) is 5.92 Å². The highest BCUT2D eigenvalue weighted by Gasteiger charge is 2.37. The van der Waals surface area contributed by atoms with Crippen molar-refractivity contribution >= 4 is 0 Å². The van der Waals surface area contributed by atoms with Gasteiger partial charge in [-0.05, 0) is 44.6 Å². The molecular weight excluding hydrogens is 158 g/mol. The zero-order valence-corrected chi connectivity index (χ0v) is 9.13. The molecule has 0 saturated carbocycles. The van der Waals surface area contributed by atoms with Crippen molar-refractivity contribution in [1.82, 2.24) is 4.90 Å². The molecule has 1 nitrogen and oxygen atoms in total. The predicted octanol–water partition coefficient (Wildman–Crippen LogP) is 3.05. The molecule has 3 atom stereocenters. The van der Waals surface area contributed by atoms with Crippen molar-refractivity contribution in [3.8, 4) is 0 Å². The Bertz CT molecular complexity index is 167. The van der Waals surface area contributed by atoms with Crippen LogP contribution in [0.5, 0.6) is 0 Å². The number of hydrogen-bond acceptors (Lipinski definition) is 1. The summed E-state index contributed by atoms with van der Waals surface area (Å²) in [7, 11) is 0. The average molecular weight is 181 g/mol. The minimum Gasteiger partial charge on any atom is -0.297 e. The molecule has 0 N–H and O–H groups in total. The molecule has 2 saturated heterocycles. The van der Waals surface area contributed by atoms with Crippen molar-refractivity contribution in [3.05, 3.63) is 0 Å². The Hall–Kier alpha value is -0.0400. The van der Waals surface area contributed by atoms with Crippen LogP contribution in [0.4, 0.5) is 0 Å². The van der Waals surface area contributed by atoms with Gasteiger partial charge < -0.3 is 0 Å². The summed E-state index contributed by atoms with van der Waals surface area (Å²) in [5.41, 5.74) is 0. The van der Waals surface area contributed by atoms with Crippen molar-refractivity contribution < 1.29 is 0 Å². The minimum absolute atomic E-state index is 0.939. The zero-order chi connectivity index (χ0) is 9.26. The van der Waals surface area contributed by atoms with E-state index in [-0.39, 0.29) is 0 Å². The summed E-state index contributed by atoms with van der Waals surface area (Å²) in [6.07, 6.45) is 8.67. The second-order valence-corrected chi connectivity index (χ2v) is 4.94. The molecular formula is C12H23N. The Morgan fingerprint density at radius 1 is 1.23 bits per heavy atom. The lowest BCUT2D eigenvalue weighted by atomic mass is 9.86. The van der Waals surface area contributed by atoms with Crippen LogP contribution in [0.25, 0.3) is 0 Å². The second-order valence-electron chi connectivity index (χ2n) is 4.94. The van der Waals surface area contributed by atoms with E-state index in [1.165, 1.54) is 45.1 Å². The third-order valence-electron chi connectivity index (χ3n) is 4.05. The molecule has 0 aliphatic carbocycles. The SMILES string of the molecule is CCCC1CCC(C)C2CCCN12. The molecule has 1 heteroatoms. The minimum atomic E-state index is 0.939. The van der Waals surface area contributed by atoms with Gasteiger partial charge >= 0.3 is 0 Å². The molecule has 76 valence electrons. The Balaban J connectivity index is 1.99. The molecule has 0 aromatic rings. The van der Waals surface area contributed by atoms with Crippen molar-refractivity contribution in [2.24, 2.45) is 5.92 Å². The number of nitrogens with zero attached hydrogens (tertiary/aromatic N) is 1. The maximum atomic E-state index is 2.82. The van der Waals surface area contributed by atoms with Crippen LogP contribution >= 0.6 is 0 Å². The van der Waals surface area contributed by atoms with Crippen molar-refractivity contribution in [1.29, 1.82) is 0 Å². The molecule has 0 bridgehead atoms. The number of fused-ring (bicyclic) bond motifs is 1. The summed E-state index contributed by atoms with van der Waals surface area (Å²) in [6.45, 7) is 6.16. The first kappa shape index (κ1) is 9.51. The van der Waals surface area contributed by atoms with Gasteiger partial charge in [0.1, 0.15) is 0 Å². The van der Waals surface area contributed by atoms with Crippen LogP contribution in [0.3, 0.4) is 0 Å². The summed E-state index contributed by atoms with van der Waals surface area (Å²) in [6, 6.07) is 1.89. The molecule has 0 aromatic heterocycles. The molecule has 0 aromatic carbocycles. The summed E-state index contributed by atoms with van der Waals surface area (Å²) in [5.74, 6) is 0.968. The Kier molecular flexibility index (Phi) is 2.92. The standard InChI is InChI=1S/C12H23N/c1-3-5-11-8-7-10(2)12-6-4-9-13(11)12/h10-12H,3-9H2,1-2H3. The van der Waals surface area contributed by atoms with Gasteiger partial charge in [-0.25, -0.2) is 0 Å². The van der Waals surface area contributed by atoms with E-state index in [2.05, 4.69) is 18.7 Å². The number of rotatable bonds is 2. The monoisotopic (exact) mass is 181 g/mol. The number of piperidine rings is 1. The molecule has 13 heavy (non-hydrogen) atoms. The maximum absolute atomic E-state index is 2.82. The highest BCUT2D eigenvalue weighted by molar-refractivity contribution is 4.92. The average Bonchev–Trinajstić information content (AvgIpc) is 2.59. The molecule has 2 aliphatic heterocycles. The van der Waals surface area contributed by atoms with Crippen molar-refractivity contribution in [3.63, 3.8) is 0 Å². The predicted molar refractivity (Wildman–Crippen MR) is 56.8 cm³/mol. The van der Waals surface area contributed by atoms with Crippen molar-refractivity contribution in [2.75, 3.05) is 6.54 Å². The molecule has 0 spiro atoms. The molecule has 2 rings (SSSR count). The topological polar surface area (TPSA) is 3.24 Å². The van der Waals surface area contributed by atoms with Crippen LogP contribution in [-0.2, 0) is 0 Å². The molecule has 3 unspecified atom stereocenters. The Morgan fingerprint density at radius 3 is 2.85 bits per heavy atom. The third-order valence-corrected chi connectivity index (χ3v) is 4.05. The smallest absolute Gasteiger partial charge is 0.0124 e. The van der Waals surface area contributed by atoms with Gasteiger partial charge in [0.25, 0.3) is 0 Å². The second kappa shape index (κ2) is 4.00. The summed E-state index contributed by atoms with van der Waals surface area (Å²) >= 11 is 0. The molecule has 2 aliphatic rings. The van der Waals surface area contributed by atoms with Gasteiger partial charge in [0.15, 0.2) is 0 Å². The number of hydrogen-bond donors (Lipinski definition) is 0. The quantitative estimate of drug-likeness (QED) is 0.633. The third kappa shape index (κ3) is 1.76. The fourth-order valence-electron chi connectivity index (χ4n) is 3.34. The van der Waals surface area contributed by atoms with Gasteiger partial charge in [0.2, 0.25) is 0 Å². The normalized spacial score (nSPS) is 40.6. The first-order valence-electron chi connectivity index (χ1n) is 6.08. The van der Waals surface area contributed by atoms with Gasteiger partial charge in [0.05, 0.1) is 0 Å².